The second-order valence-corrected chi connectivity index (χ2v) is 5.41. The van der Waals surface area contributed by atoms with Crippen molar-refractivity contribution in [2.24, 2.45) is 0 Å². The van der Waals surface area contributed by atoms with Crippen LogP contribution in [0.4, 0.5) is 5.82 Å². The predicted molar refractivity (Wildman–Crippen MR) is 95.6 cm³/mol. The number of anilines is 1. The van der Waals surface area contributed by atoms with Crippen molar-refractivity contribution in [3.05, 3.63) is 95.7 Å². The highest BCUT2D eigenvalue weighted by atomic mass is 16.1. The smallest absolute Gasteiger partial charge is 0.255 e. The van der Waals surface area contributed by atoms with E-state index < -0.39 is 0 Å². The second kappa shape index (κ2) is 7.92. The van der Waals surface area contributed by atoms with Crippen LogP contribution < -0.4 is 10.6 Å². The van der Waals surface area contributed by atoms with Gasteiger partial charge in [0.15, 0.2) is 0 Å². The summed E-state index contributed by atoms with van der Waals surface area (Å²) in [7, 11) is 0. The van der Waals surface area contributed by atoms with E-state index >= 15 is 0 Å². The zero-order chi connectivity index (χ0) is 16.6. The van der Waals surface area contributed by atoms with Gasteiger partial charge in [-0.2, -0.15) is 0 Å². The fraction of sp³-hybridized carbons (Fsp3) is 0.100. The van der Waals surface area contributed by atoms with Crippen LogP contribution >= 0.6 is 0 Å². The minimum Gasteiger partial charge on any atom is -0.365 e. The molecule has 0 aliphatic heterocycles. The molecule has 0 atom stereocenters. The molecule has 4 heteroatoms. The summed E-state index contributed by atoms with van der Waals surface area (Å²) >= 11 is 0. The largest absolute Gasteiger partial charge is 0.365 e. The highest BCUT2D eigenvalue weighted by molar-refractivity contribution is 5.98. The monoisotopic (exact) mass is 317 g/mol. The highest BCUT2D eigenvalue weighted by Crippen LogP contribution is 2.13. The molecule has 0 radical (unpaired) electrons. The van der Waals surface area contributed by atoms with Crippen molar-refractivity contribution in [1.82, 2.24) is 10.3 Å². The lowest BCUT2D eigenvalue weighted by Crippen LogP contribution is -2.24. The third-order valence-electron chi connectivity index (χ3n) is 3.65. The van der Waals surface area contributed by atoms with E-state index in [0.717, 1.165) is 11.1 Å². The van der Waals surface area contributed by atoms with Crippen molar-refractivity contribution in [2.75, 3.05) is 5.32 Å². The molecule has 4 nitrogen and oxygen atoms in total. The van der Waals surface area contributed by atoms with Crippen LogP contribution in [0.3, 0.4) is 0 Å². The molecule has 0 fully saturated rings. The Morgan fingerprint density at radius 1 is 0.792 bits per heavy atom. The number of carbonyl (C=O) groups excluding carboxylic acids is 1. The van der Waals surface area contributed by atoms with Gasteiger partial charge in [0.2, 0.25) is 0 Å². The summed E-state index contributed by atoms with van der Waals surface area (Å²) < 4.78 is 0. The zero-order valence-corrected chi connectivity index (χ0v) is 13.3. The maximum atomic E-state index is 12.5. The van der Waals surface area contributed by atoms with E-state index in [-0.39, 0.29) is 5.91 Å². The lowest BCUT2D eigenvalue weighted by molar-refractivity contribution is 0.0951. The number of nitrogens with zero attached hydrogens (tertiary/aromatic N) is 1. The van der Waals surface area contributed by atoms with E-state index in [2.05, 4.69) is 15.6 Å². The Bertz CT molecular complexity index is 788. The maximum Gasteiger partial charge on any atom is 0.255 e. The van der Waals surface area contributed by atoms with Gasteiger partial charge in [-0.3, -0.25) is 4.79 Å². The summed E-state index contributed by atoms with van der Waals surface area (Å²) in [6, 6.07) is 23.4. The van der Waals surface area contributed by atoms with Gasteiger partial charge in [-0.15, -0.1) is 0 Å². The Hall–Kier alpha value is -3.14. The predicted octanol–water partition coefficient (Wildman–Crippen LogP) is 3.62. The maximum absolute atomic E-state index is 12.5. The lowest BCUT2D eigenvalue weighted by atomic mass is 10.2. The van der Waals surface area contributed by atoms with Crippen LogP contribution in [-0.2, 0) is 13.1 Å². The molecule has 0 aliphatic carbocycles. The van der Waals surface area contributed by atoms with E-state index in [1.807, 2.05) is 60.7 Å². The topological polar surface area (TPSA) is 54.0 Å². The average molecular weight is 317 g/mol. The Kier molecular flexibility index (Phi) is 5.20. The number of hydrogen-bond acceptors (Lipinski definition) is 3. The van der Waals surface area contributed by atoms with Gasteiger partial charge >= 0.3 is 0 Å². The summed E-state index contributed by atoms with van der Waals surface area (Å²) in [5.41, 5.74) is 2.75. The lowest BCUT2D eigenvalue weighted by Gasteiger charge is -2.11. The molecule has 0 saturated carbocycles. The molecule has 0 saturated heterocycles. The van der Waals surface area contributed by atoms with Gasteiger partial charge in [-0.05, 0) is 23.3 Å². The van der Waals surface area contributed by atoms with Crippen molar-refractivity contribution in [3.63, 3.8) is 0 Å². The molecule has 1 amide bonds. The molecule has 24 heavy (non-hydrogen) atoms. The average Bonchev–Trinajstić information content (AvgIpc) is 2.66. The van der Waals surface area contributed by atoms with E-state index in [0.29, 0.717) is 24.5 Å². The van der Waals surface area contributed by atoms with Gasteiger partial charge in [-0.1, -0.05) is 60.7 Å². The number of hydrogen-bond donors (Lipinski definition) is 2. The molecule has 0 bridgehead atoms. The number of rotatable bonds is 6. The molecule has 0 spiro atoms. The highest BCUT2D eigenvalue weighted by Gasteiger charge is 2.11. The number of nitrogens with one attached hydrogen (secondary N) is 2. The summed E-state index contributed by atoms with van der Waals surface area (Å²) in [6.07, 6.45) is 1.68. The first-order chi connectivity index (χ1) is 11.8. The third kappa shape index (κ3) is 4.20. The Morgan fingerprint density at radius 3 is 2.08 bits per heavy atom. The minimum atomic E-state index is -0.137. The van der Waals surface area contributed by atoms with Crippen molar-refractivity contribution < 1.29 is 4.79 Å². The molecule has 2 N–H and O–H groups in total. The van der Waals surface area contributed by atoms with Crippen LogP contribution in [0.25, 0.3) is 0 Å². The fourth-order valence-corrected chi connectivity index (χ4v) is 2.38. The SMILES string of the molecule is O=C(NCc1ccccc1)c1cccnc1NCc1ccccc1. The molecule has 0 aliphatic rings. The van der Waals surface area contributed by atoms with Crippen molar-refractivity contribution in [3.8, 4) is 0 Å². The van der Waals surface area contributed by atoms with Crippen molar-refractivity contribution in [1.29, 1.82) is 0 Å². The number of pyridine rings is 1. The molecule has 120 valence electrons. The van der Waals surface area contributed by atoms with Crippen LogP contribution in [0.2, 0.25) is 0 Å². The van der Waals surface area contributed by atoms with E-state index in [4.69, 9.17) is 0 Å². The van der Waals surface area contributed by atoms with Gasteiger partial charge in [0, 0.05) is 19.3 Å². The molecule has 3 rings (SSSR count). The molecule has 3 aromatic rings. The number of amides is 1. The van der Waals surface area contributed by atoms with E-state index in [1.165, 1.54) is 0 Å². The van der Waals surface area contributed by atoms with Crippen LogP contribution in [-0.4, -0.2) is 10.9 Å². The quantitative estimate of drug-likeness (QED) is 0.730. The van der Waals surface area contributed by atoms with Gasteiger partial charge in [0.05, 0.1) is 5.56 Å². The number of aromatic nitrogens is 1. The normalized spacial score (nSPS) is 10.2. The third-order valence-corrected chi connectivity index (χ3v) is 3.65. The van der Waals surface area contributed by atoms with Gasteiger partial charge in [0.1, 0.15) is 5.82 Å². The number of benzene rings is 2. The summed E-state index contributed by atoms with van der Waals surface area (Å²) in [5.74, 6) is 0.453. The standard InChI is InChI=1S/C20H19N3O/c24-20(23-15-17-10-5-2-6-11-17)18-12-7-13-21-19(18)22-14-16-8-3-1-4-9-16/h1-13H,14-15H2,(H,21,22)(H,23,24). The Morgan fingerprint density at radius 2 is 1.42 bits per heavy atom. The number of carbonyl (C=O) groups is 1. The van der Waals surface area contributed by atoms with E-state index in [1.54, 1.807) is 18.3 Å². The van der Waals surface area contributed by atoms with Crippen LogP contribution in [0.5, 0.6) is 0 Å². The van der Waals surface area contributed by atoms with Crippen LogP contribution in [0, 0.1) is 0 Å². The molecular formula is C20H19N3O. The first kappa shape index (κ1) is 15.7. The van der Waals surface area contributed by atoms with Crippen molar-refractivity contribution in [2.45, 2.75) is 13.1 Å². The first-order valence-corrected chi connectivity index (χ1v) is 7.88. The summed E-state index contributed by atoms with van der Waals surface area (Å²) in [6.45, 7) is 1.11. The van der Waals surface area contributed by atoms with Crippen LogP contribution in [0.1, 0.15) is 21.5 Å². The van der Waals surface area contributed by atoms with E-state index in [9.17, 15) is 4.79 Å². The van der Waals surface area contributed by atoms with Gasteiger partial charge in [-0.25, -0.2) is 4.98 Å². The van der Waals surface area contributed by atoms with Crippen LogP contribution in [0.15, 0.2) is 79.0 Å². The molecule has 1 heterocycles. The zero-order valence-electron chi connectivity index (χ0n) is 13.3. The molecule has 0 unspecified atom stereocenters. The first-order valence-electron chi connectivity index (χ1n) is 7.88. The molecule has 1 aromatic heterocycles. The Labute approximate surface area is 141 Å². The van der Waals surface area contributed by atoms with Gasteiger partial charge < -0.3 is 10.6 Å². The summed E-state index contributed by atoms with van der Waals surface area (Å²) in [4.78, 5) is 16.8. The molecule has 2 aromatic carbocycles. The van der Waals surface area contributed by atoms with Crippen molar-refractivity contribution >= 4 is 11.7 Å². The Balaban J connectivity index is 1.65. The minimum absolute atomic E-state index is 0.137. The second-order valence-electron chi connectivity index (χ2n) is 5.41. The fourth-order valence-electron chi connectivity index (χ4n) is 2.38. The summed E-state index contributed by atoms with van der Waals surface area (Å²) in [5, 5.41) is 6.17. The molecular weight excluding hydrogens is 298 g/mol. The van der Waals surface area contributed by atoms with Gasteiger partial charge in [0.25, 0.3) is 5.91 Å².